The molecule has 0 unspecified atom stereocenters. The molecule has 5 heteroatoms. The molecule has 0 bridgehead atoms. The number of piperazine rings is 1. The predicted octanol–water partition coefficient (Wildman–Crippen LogP) is 5.26. The summed E-state index contributed by atoms with van der Waals surface area (Å²) in [6.07, 6.45) is 0.439. The average Bonchev–Trinajstić information content (AvgIpc) is 2.95. The maximum Gasteiger partial charge on any atom is 0.227 e. The molecule has 0 aromatic heterocycles. The van der Waals surface area contributed by atoms with Gasteiger partial charge in [0.05, 0.1) is 12.0 Å². The van der Waals surface area contributed by atoms with E-state index in [0.29, 0.717) is 13.0 Å². The van der Waals surface area contributed by atoms with Crippen molar-refractivity contribution >= 4 is 17.4 Å². The van der Waals surface area contributed by atoms with Crippen LogP contribution in [0.1, 0.15) is 29.2 Å². The molecule has 0 radical (unpaired) electrons. The zero-order chi connectivity index (χ0) is 22.9. The molecular weight excluding hydrogens is 410 g/mol. The van der Waals surface area contributed by atoms with E-state index in [1.165, 1.54) is 0 Å². The Bertz CT molecular complexity index is 1220. The normalized spacial score (nSPS) is 17.4. The molecule has 5 rings (SSSR count). The fraction of sp³-hybridized carbons (Fsp3) is 0.286. The summed E-state index contributed by atoms with van der Waals surface area (Å²) >= 11 is 0. The smallest absolute Gasteiger partial charge is 0.227 e. The molecule has 1 saturated heterocycles. The monoisotopic (exact) mass is 439 g/mol. The number of benzene rings is 3. The minimum Gasteiger partial charge on any atom is -0.454 e. The first kappa shape index (κ1) is 21.3. The van der Waals surface area contributed by atoms with Crippen LogP contribution in [-0.4, -0.2) is 47.2 Å². The minimum atomic E-state index is 0.0904. The van der Waals surface area contributed by atoms with Gasteiger partial charge in [0.2, 0.25) is 5.91 Å². The van der Waals surface area contributed by atoms with Crippen molar-refractivity contribution in [2.45, 2.75) is 33.2 Å². The highest BCUT2D eigenvalue weighted by Gasteiger charge is 2.31. The largest absolute Gasteiger partial charge is 0.454 e. The average molecular weight is 440 g/mol. The first-order valence-corrected chi connectivity index (χ1v) is 11.5. The molecule has 5 nitrogen and oxygen atoms in total. The van der Waals surface area contributed by atoms with Crippen LogP contribution < -0.4 is 4.74 Å². The van der Waals surface area contributed by atoms with Crippen LogP contribution in [0.15, 0.2) is 71.7 Å². The number of rotatable bonds is 2. The Labute approximate surface area is 195 Å². The van der Waals surface area contributed by atoms with Gasteiger partial charge in [0, 0.05) is 25.7 Å². The molecule has 2 aliphatic rings. The number of hydrogen-bond donors (Lipinski definition) is 0. The molecule has 33 heavy (non-hydrogen) atoms. The molecule has 1 atom stereocenters. The van der Waals surface area contributed by atoms with Gasteiger partial charge in [0.1, 0.15) is 17.3 Å². The molecule has 1 amide bonds. The molecular formula is C28H29N3O2. The van der Waals surface area contributed by atoms with Gasteiger partial charge in [-0.15, -0.1) is 0 Å². The van der Waals surface area contributed by atoms with Crippen LogP contribution >= 0.6 is 0 Å². The number of aliphatic imine (C=N–C) groups is 1. The van der Waals surface area contributed by atoms with Crippen molar-refractivity contribution in [2.24, 2.45) is 4.99 Å². The third-order valence-corrected chi connectivity index (χ3v) is 6.38. The van der Waals surface area contributed by atoms with E-state index in [-0.39, 0.29) is 11.9 Å². The van der Waals surface area contributed by atoms with Crippen LogP contribution in [0, 0.1) is 13.8 Å². The third kappa shape index (κ3) is 4.36. The summed E-state index contributed by atoms with van der Waals surface area (Å²) in [5.74, 6) is 2.69. The second-order valence-electron chi connectivity index (χ2n) is 9.05. The lowest BCUT2D eigenvalue weighted by atomic mass is 10.1. The summed E-state index contributed by atoms with van der Waals surface area (Å²) in [4.78, 5) is 22.4. The maximum atomic E-state index is 13.0. The second kappa shape index (κ2) is 8.74. The fourth-order valence-corrected chi connectivity index (χ4v) is 4.63. The van der Waals surface area contributed by atoms with Crippen LogP contribution in [0.3, 0.4) is 0 Å². The van der Waals surface area contributed by atoms with Gasteiger partial charge in [-0.25, -0.2) is 4.99 Å². The van der Waals surface area contributed by atoms with Crippen LogP contribution in [0.5, 0.6) is 11.5 Å². The van der Waals surface area contributed by atoms with Crippen molar-refractivity contribution in [3.05, 3.63) is 89.0 Å². The van der Waals surface area contributed by atoms with E-state index in [2.05, 4.69) is 43.9 Å². The highest BCUT2D eigenvalue weighted by Crippen LogP contribution is 2.39. The van der Waals surface area contributed by atoms with Crippen molar-refractivity contribution in [3.63, 3.8) is 0 Å². The minimum absolute atomic E-state index is 0.0904. The Balaban J connectivity index is 1.42. The fourth-order valence-electron chi connectivity index (χ4n) is 4.63. The van der Waals surface area contributed by atoms with E-state index in [1.807, 2.05) is 53.4 Å². The number of amidine groups is 1. The van der Waals surface area contributed by atoms with Gasteiger partial charge in [-0.2, -0.15) is 0 Å². The van der Waals surface area contributed by atoms with Crippen molar-refractivity contribution < 1.29 is 9.53 Å². The summed E-state index contributed by atoms with van der Waals surface area (Å²) in [7, 11) is 0. The zero-order valence-corrected chi connectivity index (χ0v) is 19.4. The van der Waals surface area contributed by atoms with Gasteiger partial charge in [0.15, 0.2) is 5.75 Å². The topological polar surface area (TPSA) is 45.1 Å². The summed E-state index contributed by atoms with van der Waals surface area (Å²) in [5, 5.41) is 0. The van der Waals surface area contributed by atoms with Crippen LogP contribution in [0.2, 0.25) is 0 Å². The summed E-state index contributed by atoms with van der Waals surface area (Å²) in [6.45, 7) is 8.41. The van der Waals surface area contributed by atoms with Gasteiger partial charge in [-0.05, 0) is 56.2 Å². The van der Waals surface area contributed by atoms with E-state index in [9.17, 15) is 4.79 Å². The number of nitrogens with zero attached hydrogens (tertiary/aromatic N) is 3. The SMILES string of the molecule is Cc1ccc2c(c1)Oc1ccc(C)cc1C(N1CCN(C(=O)Cc3ccccc3)[C@@H](C)C1)=N2. The molecule has 0 saturated carbocycles. The van der Waals surface area contributed by atoms with Crippen LogP contribution in [0.25, 0.3) is 0 Å². The van der Waals surface area contributed by atoms with Crippen molar-refractivity contribution in [3.8, 4) is 11.5 Å². The molecule has 2 heterocycles. The summed E-state index contributed by atoms with van der Waals surface area (Å²) < 4.78 is 6.31. The lowest BCUT2D eigenvalue weighted by Crippen LogP contribution is -2.55. The Morgan fingerprint density at radius 3 is 2.52 bits per heavy atom. The van der Waals surface area contributed by atoms with E-state index < -0.39 is 0 Å². The molecule has 3 aromatic rings. The van der Waals surface area contributed by atoms with E-state index in [0.717, 1.165) is 58.4 Å². The molecule has 168 valence electrons. The number of fused-ring (bicyclic) bond motifs is 2. The van der Waals surface area contributed by atoms with Crippen LogP contribution in [-0.2, 0) is 11.2 Å². The number of amides is 1. The van der Waals surface area contributed by atoms with E-state index >= 15 is 0 Å². The van der Waals surface area contributed by atoms with Crippen molar-refractivity contribution in [2.75, 3.05) is 19.6 Å². The molecule has 1 fully saturated rings. The van der Waals surface area contributed by atoms with E-state index in [4.69, 9.17) is 9.73 Å². The number of aryl methyl sites for hydroxylation is 2. The Morgan fingerprint density at radius 1 is 0.970 bits per heavy atom. The lowest BCUT2D eigenvalue weighted by Gasteiger charge is -2.41. The lowest BCUT2D eigenvalue weighted by molar-refractivity contribution is -0.134. The first-order valence-electron chi connectivity index (χ1n) is 11.5. The van der Waals surface area contributed by atoms with Gasteiger partial charge in [-0.3, -0.25) is 4.79 Å². The molecule has 0 spiro atoms. The van der Waals surface area contributed by atoms with Gasteiger partial charge in [0.25, 0.3) is 0 Å². The van der Waals surface area contributed by atoms with E-state index in [1.54, 1.807) is 0 Å². The third-order valence-electron chi connectivity index (χ3n) is 6.38. The summed E-state index contributed by atoms with van der Waals surface area (Å²) in [6, 6.07) is 22.4. The Kier molecular flexibility index (Phi) is 5.63. The zero-order valence-electron chi connectivity index (χ0n) is 19.4. The van der Waals surface area contributed by atoms with Crippen molar-refractivity contribution in [1.82, 2.24) is 9.80 Å². The predicted molar refractivity (Wildman–Crippen MR) is 132 cm³/mol. The maximum absolute atomic E-state index is 13.0. The van der Waals surface area contributed by atoms with Crippen LogP contribution in [0.4, 0.5) is 5.69 Å². The highest BCUT2D eigenvalue weighted by atomic mass is 16.5. The number of ether oxygens (including phenoxy) is 1. The standard InChI is InChI=1S/C28H29N3O2/c1-19-10-12-25-23(15-19)28(29-24-11-9-20(2)16-26(24)33-25)30-13-14-31(21(3)18-30)27(32)17-22-7-5-4-6-8-22/h4-12,15-16,21H,13-14,17-18H2,1-3H3/t21-/m0/s1. The molecule has 2 aliphatic heterocycles. The van der Waals surface area contributed by atoms with Gasteiger partial charge >= 0.3 is 0 Å². The molecule has 0 aliphatic carbocycles. The Morgan fingerprint density at radius 2 is 1.73 bits per heavy atom. The highest BCUT2D eigenvalue weighted by molar-refractivity contribution is 6.04. The Hall–Kier alpha value is -3.60. The number of carbonyl (C=O) groups excluding carboxylic acids is 1. The summed E-state index contributed by atoms with van der Waals surface area (Å²) in [5.41, 5.74) is 5.19. The number of hydrogen-bond acceptors (Lipinski definition) is 4. The molecule has 3 aromatic carbocycles. The quantitative estimate of drug-likeness (QED) is 0.547. The second-order valence-corrected chi connectivity index (χ2v) is 9.05. The van der Waals surface area contributed by atoms with Gasteiger partial charge < -0.3 is 14.5 Å². The van der Waals surface area contributed by atoms with Gasteiger partial charge in [-0.1, -0.05) is 48.0 Å². The van der Waals surface area contributed by atoms with Crippen molar-refractivity contribution in [1.29, 1.82) is 0 Å². The molecule has 0 N–H and O–H groups in total. The number of carbonyl (C=O) groups is 1. The first-order chi connectivity index (χ1) is 16.0.